The zero-order valence-electron chi connectivity index (χ0n) is 12.9. The summed E-state index contributed by atoms with van der Waals surface area (Å²) in [4.78, 5) is 0. The van der Waals surface area contributed by atoms with Gasteiger partial charge in [0.1, 0.15) is 5.75 Å². The molecular formula is C17H27NOS. The Labute approximate surface area is 127 Å². The molecule has 1 aliphatic rings. The number of ether oxygens (including phenoxy) is 1. The van der Waals surface area contributed by atoms with E-state index in [1.165, 1.54) is 31.2 Å². The average Bonchev–Trinajstić information content (AvgIpc) is 2.95. The van der Waals surface area contributed by atoms with Crippen molar-refractivity contribution in [2.45, 2.75) is 50.3 Å². The number of hydrogen-bond acceptors (Lipinski definition) is 3. The number of thioether (sulfide) groups is 1. The first-order valence-electron chi connectivity index (χ1n) is 7.71. The summed E-state index contributed by atoms with van der Waals surface area (Å²) in [5.41, 5.74) is 1.27. The van der Waals surface area contributed by atoms with E-state index in [-0.39, 0.29) is 0 Å². The summed E-state index contributed by atoms with van der Waals surface area (Å²) in [6.45, 7) is 6.09. The van der Waals surface area contributed by atoms with Crippen LogP contribution in [0.4, 0.5) is 0 Å². The molecule has 1 aromatic carbocycles. The highest BCUT2D eigenvalue weighted by molar-refractivity contribution is 8.00. The third kappa shape index (κ3) is 3.70. The van der Waals surface area contributed by atoms with Crippen molar-refractivity contribution in [1.82, 2.24) is 5.32 Å². The molecule has 0 saturated heterocycles. The first-order valence-corrected chi connectivity index (χ1v) is 8.93. The highest BCUT2D eigenvalue weighted by Crippen LogP contribution is 2.40. The lowest BCUT2D eigenvalue weighted by atomic mass is 10.0. The summed E-state index contributed by atoms with van der Waals surface area (Å²) in [7, 11) is 0. The summed E-state index contributed by atoms with van der Waals surface area (Å²) in [5, 5.41) is 3.73. The van der Waals surface area contributed by atoms with Crippen molar-refractivity contribution >= 4 is 11.8 Å². The SMILES string of the molecule is CCOc1ccccc1C(C)NCC1(SC)CCCC1. The molecule has 0 aromatic heterocycles. The van der Waals surface area contributed by atoms with E-state index in [4.69, 9.17) is 4.74 Å². The van der Waals surface area contributed by atoms with Crippen LogP contribution in [0.3, 0.4) is 0 Å². The topological polar surface area (TPSA) is 21.3 Å². The molecular weight excluding hydrogens is 266 g/mol. The van der Waals surface area contributed by atoms with Gasteiger partial charge in [0.15, 0.2) is 0 Å². The first-order chi connectivity index (χ1) is 9.71. The van der Waals surface area contributed by atoms with Crippen molar-refractivity contribution in [3.8, 4) is 5.75 Å². The van der Waals surface area contributed by atoms with E-state index in [1.54, 1.807) is 0 Å². The minimum absolute atomic E-state index is 0.336. The zero-order valence-corrected chi connectivity index (χ0v) is 13.8. The van der Waals surface area contributed by atoms with Crippen LogP contribution in [0.5, 0.6) is 5.75 Å². The summed E-state index contributed by atoms with van der Waals surface area (Å²) >= 11 is 2.04. The van der Waals surface area contributed by atoms with Crippen molar-refractivity contribution in [1.29, 1.82) is 0 Å². The predicted octanol–water partition coefficient (Wildman–Crippen LogP) is 4.41. The maximum absolute atomic E-state index is 5.74. The van der Waals surface area contributed by atoms with Crippen molar-refractivity contribution in [3.05, 3.63) is 29.8 Å². The molecule has 0 radical (unpaired) electrons. The van der Waals surface area contributed by atoms with Crippen LogP contribution in [0.15, 0.2) is 24.3 Å². The van der Waals surface area contributed by atoms with Crippen LogP contribution in [0, 0.1) is 0 Å². The second kappa shape index (κ2) is 7.37. The second-order valence-electron chi connectivity index (χ2n) is 5.67. The van der Waals surface area contributed by atoms with Crippen LogP contribution in [0.2, 0.25) is 0 Å². The molecule has 20 heavy (non-hydrogen) atoms. The Morgan fingerprint density at radius 1 is 1.30 bits per heavy atom. The van der Waals surface area contributed by atoms with E-state index >= 15 is 0 Å². The number of rotatable bonds is 7. The first kappa shape index (κ1) is 15.7. The summed E-state index contributed by atoms with van der Waals surface area (Å²) in [6, 6.07) is 8.71. The van der Waals surface area contributed by atoms with E-state index in [0.717, 1.165) is 18.9 Å². The largest absolute Gasteiger partial charge is 0.494 e. The van der Waals surface area contributed by atoms with Gasteiger partial charge >= 0.3 is 0 Å². The Bertz CT molecular complexity index is 415. The van der Waals surface area contributed by atoms with Gasteiger partial charge in [-0.2, -0.15) is 11.8 Å². The van der Waals surface area contributed by atoms with E-state index in [0.29, 0.717) is 10.8 Å². The number of nitrogens with one attached hydrogen (secondary N) is 1. The van der Waals surface area contributed by atoms with Gasteiger partial charge in [0.2, 0.25) is 0 Å². The van der Waals surface area contributed by atoms with E-state index < -0.39 is 0 Å². The number of benzene rings is 1. The smallest absolute Gasteiger partial charge is 0.124 e. The van der Waals surface area contributed by atoms with Gasteiger partial charge in [-0.15, -0.1) is 0 Å². The van der Waals surface area contributed by atoms with Gasteiger partial charge in [-0.1, -0.05) is 31.0 Å². The van der Waals surface area contributed by atoms with Gasteiger partial charge in [-0.3, -0.25) is 0 Å². The molecule has 2 rings (SSSR count). The predicted molar refractivity (Wildman–Crippen MR) is 88.7 cm³/mol. The Kier molecular flexibility index (Phi) is 5.79. The molecule has 1 saturated carbocycles. The third-order valence-corrected chi connectivity index (χ3v) is 5.78. The maximum Gasteiger partial charge on any atom is 0.124 e. The van der Waals surface area contributed by atoms with E-state index in [2.05, 4.69) is 36.7 Å². The third-order valence-electron chi connectivity index (χ3n) is 4.36. The normalized spacial score (nSPS) is 18.9. The fourth-order valence-corrected chi connectivity index (χ4v) is 3.97. The molecule has 0 amide bonds. The summed E-state index contributed by atoms with van der Waals surface area (Å²) in [5.74, 6) is 1.01. The van der Waals surface area contributed by atoms with Gasteiger partial charge in [0.25, 0.3) is 0 Å². The van der Waals surface area contributed by atoms with Crippen LogP contribution in [-0.2, 0) is 0 Å². The lowest BCUT2D eigenvalue weighted by Crippen LogP contribution is -2.36. The maximum atomic E-state index is 5.74. The van der Waals surface area contributed by atoms with Gasteiger partial charge in [0, 0.05) is 22.9 Å². The molecule has 1 aromatic rings. The van der Waals surface area contributed by atoms with Gasteiger partial charge in [-0.25, -0.2) is 0 Å². The van der Waals surface area contributed by atoms with Crippen molar-refractivity contribution in [2.75, 3.05) is 19.4 Å². The zero-order chi connectivity index (χ0) is 14.4. The number of hydrogen-bond donors (Lipinski definition) is 1. The van der Waals surface area contributed by atoms with Crippen LogP contribution < -0.4 is 10.1 Å². The minimum atomic E-state index is 0.336. The van der Waals surface area contributed by atoms with Crippen LogP contribution in [0.25, 0.3) is 0 Å². The lowest BCUT2D eigenvalue weighted by molar-refractivity contribution is 0.331. The fraction of sp³-hybridized carbons (Fsp3) is 0.647. The Morgan fingerprint density at radius 2 is 2.00 bits per heavy atom. The molecule has 0 bridgehead atoms. The molecule has 1 aliphatic carbocycles. The highest BCUT2D eigenvalue weighted by atomic mass is 32.2. The number of para-hydroxylation sites is 1. The molecule has 112 valence electrons. The molecule has 1 N–H and O–H groups in total. The molecule has 0 spiro atoms. The van der Waals surface area contributed by atoms with Crippen molar-refractivity contribution in [2.24, 2.45) is 0 Å². The Morgan fingerprint density at radius 3 is 2.65 bits per heavy atom. The lowest BCUT2D eigenvalue weighted by Gasteiger charge is -2.29. The van der Waals surface area contributed by atoms with E-state index in [1.807, 2.05) is 24.8 Å². The monoisotopic (exact) mass is 293 g/mol. The Hall–Kier alpha value is -0.670. The fourth-order valence-electron chi connectivity index (χ4n) is 3.05. The Balaban J connectivity index is 1.99. The molecule has 1 fully saturated rings. The van der Waals surface area contributed by atoms with Crippen molar-refractivity contribution in [3.63, 3.8) is 0 Å². The molecule has 0 aliphatic heterocycles. The van der Waals surface area contributed by atoms with E-state index in [9.17, 15) is 0 Å². The van der Waals surface area contributed by atoms with Crippen LogP contribution in [-0.4, -0.2) is 24.2 Å². The molecule has 1 unspecified atom stereocenters. The van der Waals surface area contributed by atoms with Crippen LogP contribution >= 0.6 is 11.8 Å². The molecule has 3 heteroatoms. The molecule has 0 heterocycles. The quantitative estimate of drug-likeness (QED) is 0.804. The van der Waals surface area contributed by atoms with Gasteiger partial charge in [0.05, 0.1) is 6.61 Å². The average molecular weight is 293 g/mol. The summed E-state index contributed by atoms with van der Waals surface area (Å²) < 4.78 is 6.19. The second-order valence-corrected chi connectivity index (χ2v) is 6.94. The highest BCUT2D eigenvalue weighted by Gasteiger charge is 2.33. The minimum Gasteiger partial charge on any atom is -0.494 e. The van der Waals surface area contributed by atoms with Gasteiger partial charge < -0.3 is 10.1 Å². The van der Waals surface area contributed by atoms with Crippen molar-refractivity contribution < 1.29 is 4.74 Å². The van der Waals surface area contributed by atoms with Gasteiger partial charge in [-0.05, 0) is 39.0 Å². The summed E-state index contributed by atoms with van der Waals surface area (Å²) in [6.07, 6.45) is 7.71. The molecule has 1 atom stereocenters. The van der Waals surface area contributed by atoms with Crippen LogP contribution in [0.1, 0.15) is 51.1 Å². The molecule has 2 nitrogen and oxygen atoms in total. The standard InChI is InChI=1S/C17H27NOS/c1-4-19-16-10-6-5-9-15(16)14(2)18-13-17(20-3)11-7-8-12-17/h5-6,9-10,14,18H,4,7-8,11-13H2,1-3H3.